The summed E-state index contributed by atoms with van der Waals surface area (Å²) in [5.41, 5.74) is 0.926. The molecule has 1 aliphatic carbocycles. The molecule has 1 unspecified atom stereocenters. The molecule has 1 aliphatic rings. The highest BCUT2D eigenvalue weighted by molar-refractivity contribution is 7.13. The van der Waals surface area contributed by atoms with Crippen molar-refractivity contribution in [2.24, 2.45) is 0 Å². The number of hydrogen-bond acceptors (Lipinski definition) is 6. The molecule has 0 spiro atoms. The Balaban J connectivity index is 1.85. The quantitative estimate of drug-likeness (QED) is 0.876. The third-order valence-electron chi connectivity index (χ3n) is 3.38. The molecule has 5 nitrogen and oxygen atoms in total. The van der Waals surface area contributed by atoms with Gasteiger partial charge >= 0.3 is 0 Å². The summed E-state index contributed by atoms with van der Waals surface area (Å²) in [5, 5.41) is 6.20. The van der Waals surface area contributed by atoms with Crippen LogP contribution < -0.4 is 5.32 Å². The van der Waals surface area contributed by atoms with Crippen molar-refractivity contribution in [3.63, 3.8) is 0 Å². The number of nitrogens with zero attached hydrogens (tertiary/aromatic N) is 3. The molecule has 7 heteroatoms. The molecule has 0 aromatic carbocycles. The number of aromatic nitrogens is 3. The van der Waals surface area contributed by atoms with Crippen molar-refractivity contribution in [2.45, 2.75) is 38.6 Å². The lowest BCUT2D eigenvalue weighted by atomic mass is 9.94. The number of thiazole rings is 1. The fourth-order valence-corrected chi connectivity index (χ4v) is 3.27. The normalized spacial score (nSPS) is 18.8. The Kier molecular flexibility index (Phi) is 4.17. The molecule has 21 heavy (non-hydrogen) atoms. The van der Waals surface area contributed by atoms with Crippen LogP contribution in [0, 0.1) is 6.92 Å². The van der Waals surface area contributed by atoms with E-state index in [1.165, 1.54) is 11.3 Å². The second-order valence-electron chi connectivity index (χ2n) is 5.10. The summed E-state index contributed by atoms with van der Waals surface area (Å²) in [5.74, 6) is 1.31. The van der Waals surface area contributed by atoms with Crippen LogP contribution in [0.15, 0.2) is 11.4 Å². The molecule has 110 valence electrons. The van der Waals surface area contributed by atoms with Crippen molar-refractivity contribution in [1.29, 1.82) is 0 Å². The molecule has 0 aliphatic heterocycles. The highest BCUT2D eigenvalue weighted by Crippen LogP contribution is 2.25. The summed E-state index contributed by atoms with van der Waals surface area (Å²) in [6.07, 6.45) is 3.51. The molecule has 0 amide bonds. The largest absolute Gasteiger partial charge is 0.360 e. The van der Waals surface area contributed by atoms with E-state index in [9.17, 15) is 4.79 Å². The summed E-state index contributed by atoms with van der Waals surface area (Å²) >= 11 is 7.54. The zero-order valence-electron chi connectivity index (χ0n) is 11.6. The van der Waals surface area contributed by atoms with Gasteiger partial charge in [-0.3, -0.25) is 4.79 Å². The molecule has 3 rings (SSSR count). The van der Waals surface area contributed by atoms with E-state index in [0.717, 1.165) is 30.0 Å². The molecule has 0 bridgehead atoms. The summed E-state index contributed by atoms with van der Waals surface area (Å²) in [6, 6.07) is 1.48. The molecule has 1 atom stereocenters. The van der Waals surface area contributed by atoms with Gasteiger partial charge in [0.1, 0.15) is 11.0 Å². The second-order valence-corrected chi connectivity index (χ2v) is 6.35. The number of rotatable bonds is 3. The summed E-state index contributed by atoms with van der Waals surface area (Å²) < 4.78 is 0. The fourth-order valence-electron chi connectivity index (χ4n) is 2.36. The molecule has 1 fully saturated rings. The number of hydrogen-bond donors (Lipinski definition) is 1. The molecule has 0 radical (unpaired) electrons. The maximum Gasteiger partial charge on any atom is 0.192 e. The fraction of sp³-hybridized carbons (Fsp3) is 0.429. The van der Waals surface area contributed by atoms with E-state index in [-0.39, 0.29) is 11.8 Å². The van der Waals surface area contributed by atoms with Crippen LogP contribution in [0.25, 0.3) is 10.8 Å². The highest BCUT2D eigenvalue weighted by Gasteiger charge is 2.22. The van der Waals surface area contributed by atoms with Gasteiger partial charge in [-0.1, -0.05) is 18.0 Å². The average Bonchev–Trinajstić information content (AvgIpc) is 2.88. The summed E-state index contributed by atoms with van der Waals surface area (Å²) in [4.78, 5) is 24.9. The van der Waals surface area contributed by atoms with Gasteiger partial charge < -0.3 is 5.32 Å². The standard InChI is InChI=1S/C14H15ClN4OS/c1-8-7-21-14(16-8)13-18-11(15)6-12(19-13)17-9-4-2-3-5-10(9)20/h6-7,9H,2-5H2,1H3,(H,17,18,19). The minimum atomic E-state index is -0.171. The van der Waals surface area contributed by atoms with Gasteiger partial charge in [0.25, 0.3) is 0 Å². The number of Topliss-reactive ketones (excluding diaryl/α,β-unsaturated/α-hetero) is 1. The lowest BCUT2D eigenvalue weighted by Crippen LogP contribution is -2.32. The lowest BCUT2D eigenvalue weighted by Gasteiger charge is -2.22. The van der Waals surface area contributed by atoms with Gasteiger partial charge in [-0.15, -0.1) is 11.3 Å². The van der Waals surface area contributed by atoms with Crippen LogP contribution >= 0.6 is 22.9 Å². The zero-order valence-corrected chi connectivity index (χ0v) is 13.2. The van der Waals surface area contributed by atoms with E-state index in [0.29, 0.717) is 23.2 Å². The van der Waals surface area contributed by atoms with E-state index in [1.54, 1.807) is 6.07 Å². The van der Waals surface area contributed by atoms with E-state index >= 15 is 0 Å². The Morgan fingerprint density at radius 2 is 2.19 bits per heavy atom. The van der Waals surface area contributed by atoms with E-state index < -0.39 is 0 Å². The van der Waals surface area contributed by atoms with Crippen LogP contribution in [-0.2, 0) is 4.79 Å². The van der Waals surface area contributed by atoms with Crippen LogP contribution in [0.2, 0.25) is 5.15 Å². The molecule has 2 aromatic rings. The third kappa shape index (κ3) is 3.39. The second kappa shape index (κ2) is 6.07. The van der Waals surface area contributed by atoms with Gasteiger partial charge in [0, 0.05) is 23.6 Å². The van der Waals surface area contributed by atoms with Gasteiger partial charge in [0.05, 0.1) is 6.04 Å². The Hall–Kier alpha value is -1.53. The van der Waals surface area contributed by atoms with Crippen molar-refractivity contribution < 1.29 is 4.79 Å². The zero-order chi connectivity index (χ0) is 14.8. The summed E-state index contributed by atoms with van der Waals surface area (Å²) in [6.45, 7) is 1.92. The smallest absolute Gasteiger partial charge is 0.192 e. The molecular formula is C14H15ClN4OS. The van der Waals surface area contributed by atoms with Gasteiger partial charge in [-0.25, -0.2) is 15.0 Å². The van der Waals surface area contributed by atoms with Crippen LogP contribution in [0.5, 0.6) is 0 Å². The molecular weight excluding hydrogens is 308 g/mol. The van der Waals surface area contributed by atoms with E-state index in [2.05, 4.69) is 20.3 Å². The molecule has 1 saturated carbocycles. The monoisotopic (exact) mass is 322 g/mol. The van der Waals surface area contributed by atoms with Crippen molar-refractivity contribution in [3.05, 3.63) is 22.3 Å². The molecule has 0 saturated heterocycles. The van der Waals surface area contributed by atoms with Crippen molar-refractivity contribution in [3.8, 4) is 10.8 Å². The number of carbonyl (C=O) groups excluding carboxylic acids is 1. The first-order valence-corrected chi connectivity index (χ1v) is 8.14. The van der Waals surface area contributed by atoms with Crippen LogP contribution in [0.4, 0.5) is 5.82 Å². The topological polar surface area (TPSA) is 67.8 Å². The number of nitrogens with one attached hydrogen (secondary N) is 1. The number of carbonyl (C=O) groups is 1. The minimum absolute atomic E-state index is 0.171. The van der Waals surface area contributed by atoms with Crippen LogP contribution in [0.3, 0.4) is 0 Å². The molecule has 2 aromatic heterocycles. The van der Waals surface area contributed by atoms with Crippen LogP contribution in [0.1, 0.15) is 31.4 Å². The third-order valence-corrected chi connectivity index (χ3v) is 4.53. The lowest BCUT2D eigenvalue weighted by molar-refractivity contribution is -0.121. The SMILES string of the molecule is Cc1csc(-c2nc(Cl)cc(NC3CCCCC3=O)n2)n1. The number of halogens is 1. The number of anilines is 1. The van der Waals surface area contributed by atoms with Crippen molar-refractivity contribution in [2.75, 3.05) is 5.32 Å². The van der Waals surface area contributed by atoms with Gasteiger partial charge in [-0.2, -0.15) is 0 Å². The first-order chi connectivity index (χ1) is 10.1. The van der Waals surface area contributed by atoms with E-state index in [4.69, 9.17) is 11.6 Å². The van der Waals surface area contributed by atoms with Gasteiger partial charge in [0.15, 0.2) is 16.6 Å². The first-order valence-electron chi connectivity index (χ1n) is 6.88. The predicted molar refractivity (Wildman–Crippen MR) is 83.8 cm³/mol. The number of aryl methyl sites for hydroxylation is 1. The highest BCUT2D eigenvalue weighted by atomic mass is 35.5. The van der Waals surface area contributed by atoms with Gasteiger partial charge in [0.2, 0.25) is 0 Å². The van der Waals surface area contributed by atoms with Crippen molar-refractivity contribution >= 4 is 34.5 Å². The van der Waals surface area contributed by atoms with E-state index in [1.807, 2.05) is 12.3 Å². The predicted octanol–water partition coefficient (Wildman–Crippen LogP) is 3.49. The first kappa shape index (κ1) is 14.4. The van der Waals surface area contributed by atoms with Gasteiger partial charge in [-0.05, 0) is 19.8 Å². The molecule has 2 heterocycles. The van der Waals surface area contributed by atoms with Crippen LogP contribution in [-0.4, -0.2) is 26.8 Å². The average molecular weight is 323 g/mol. The Labute approximate surface area is 131 Å². The summed E-state index contributed by atoms with van der Waals surface area (Å²) in [7, 11) is 0. The minimum Gasteiger partial charge on any atom is -0.360 e. The maximum atomic E-state index is 11.9. The maximum absolute atomic E-state index is 11.9. The number of ketones is 1. The molecule has 1 N–H and O–H groups in total. The Morgan fingerprint density at radius 1 is 1.33 bits per heavy atom. The van der Waals surface area contributed by atoms with Crippen molar-refractivity contribution in [1.82, 2.24) is 15.0 Å². The Bertz CT molecular complexity index is 673. The Morgan fingerprint density at radius 3 is 2.90 bits per heavy atom.